The van der Waals surface area contributed by atoms with Crippen molar-refractivity contribution >= 4 is 17.7 Å². The van der Waals surface area contributed by atoms with E-state index in [9.17, 15) is 31.9 Å². The molecule has 3 amide bonds. The molecular weight excluding hydrogens is 478 g/mol. The van der Waals surface area contributed by atoms with Crippen molar-refractivity contribution in [3.63, 3.8) is 0 Å². The molecule has 1 aliphatic heterocycles. The SMILES string of the molecule is CCCN1C(=O)c2ccc(C(=O)N[C@@H](c3ccc(CF)cc3)c3ncccc3C(F)(F)F)cc2C1=O. The standard InChI is InChI=1S/C26H21F4N3O3/c1-2-12-33-24(35)18-10-9-17(13-19(18)25(33)36)23(34)32-21(16-7-5-15(14-27)6-8-16)22-20(26(28,29)30)4-3-11-31-22/h3-11,13,21H,2,12,14H2,1H3,(H,32,34)/t21-/m0/s1. The van der Waals surface area contributed by atoms with Crippen molar-refractivity contribution in [2.45, 2.75) is 32.2 Å². The van der Waals surface area contributed by atoms with Gasteiger partial charge >= 0.3 is 6.18 Å². The summed E-state index contributed by atoms with van der Waals surface area (Å²) < 4.78 is 54.3. The number of carbonyl (C=O) groups excluding carboxylic acids is 3. The summed E-state index contributed by atoms with van der Waals surface area (Å²) in [5, 5.41) is 2.56. The molecule has 6 nitrogen and oxygen atoms in total. The lowest BCUT2D eigenvalue weighted by molar-refractivity contribution is -0.138. The molecule has 0 unspecified atom stereocenters. The van der Waals surface area contributed by atoms with Gasteiger partial charge in [-0.25, -0.2) is 4.39 Å². The van der Waals surface area contributed by atoms with Crippen LogP contribution in [0.15, 0.2) is 60.8 Å². The third kappa shape index (κ3) is 4.71. The Kier molecular flexibility index (Phi) is 6.87. The molecule has 1 atom stereocenters. The molecule has 1 aromatic heterocycles. The lowest BCUT2D eigenvalue weighted by Crippen LogP contribution is -2.32. The molecule has 1 aliphatic rings. The number of hydrogen-bond donors (Lipinski definition) is 1. The highest BCUT2D eigenvalue weighted by Crippen LogP contribution is 2.36. The van der Waals surface area contributed by atoms with Crippen molar-refractivity contribution in [2.24, 2.45) is 0 Å². The van der Waals surface area contributed by atoms with Crippen molar-refractivity contribution in [3.8, 4) is 0 Å². The van der Waals surface area contributed by atoms with Crippen molar-refractivity contribution < 1.29 is 31.9 Å². The number of alkyl halides is 4. The summed E-state index contributed by atoms with van der Waals surface area (Å²) in [7, 11) is 0. The minimum absolute atomic E-state index is 0.0110. The number of rotatable bonds is 7. The summed E-state index contributed by atoms with van der Waals surface area (Å²) >= 11 is 0. The topological polar surface area (TPSA) is 79.4 Å². The van der Waals surface area contributed by atoms with Gasteiger partial charge in [-0.15, -0.1) is 0 Å². The molecule has 2 aromatic carbocycles. The predicted octanol–water partition coefficient (Wildman–Crippen LogP) is 5.10. The Morgan fingerprint density at radius 2 is 1.72 bits per heavy atom. The second-order valence-electron chi connectivity index (χ2n) is 8.24. The summed E-state index contributed by atoms with van der Waals surface area (Å²) in [4.78, 5) is 43.3. The summed E-state index contributed by atoms with van der Waals surface area (Å²) in [5.41, 5.74) is -0.692. The number of imide groups is 1. The number of nitrogens with zero attached hydrogens (tertiary/aromatic N) is 2. The van der Waals surface area contributed by atoms with Crippen LogP contribution in [0.25, 0.3) is 0 Å². The normalized spacial score (nSPS) is 14.1. The number of benzene rings is 2. The van der Waals surface area contributed by atoms with Crippen molar-refractivity contribution in [1.82, 2.24) is 15.2 Å². The monoisotopic (exact) mass is 499 g/mol. The van der Waals surface area contributed by atoms with Crippen LogP contribution in [0.3, 0.4) is 0 Å². The van der Waals surface area contributed by atoms with Crippen LogP contribution in [0.4, 0.5) is 17.6 Å². The molecule has 4 rings (SSSR count). The first-order valence-electron chi connectivity index (χ1n) is 11.1. The second-order valence-corrected chi connectivity index (χ2v) is 8.24. The van der Waals surface area contributed by atoms with E-state index in [1.54, 1.807) is 0 Å². The fourth-order valence-electron chi connectivity index (χ4n) is 4.07. The van der Waals surface area contributed by atoms with Gasteiger partial charge in [0.25, 0.3) is 17.7 Å². The molecule has 36 heavy (non-hydrogen) atoms. The lowest BCUT2D eigenvalue weighted by atomic mass is 9.97. The maximum absolute atomic E-state index is 13.8. The smallest absolute Gasteiger partial charge is 0.340 e. The fraction of sp³-hybridized carbons (Fsp3) is 0.231. The zero-order valence-corrected chi connectivity index (χ0v) is 19.1. The Labute approximate surface area is 204 Å². The zero-order valence-electron chi connectivity index (χ0n) is 19.1. The maximum Gasteiger partial charge on any atom is 0.418 e. The van der Waals surface area contributed by atoms with E-state index in [-0.39, 0.29) is 28.8 Å². The maximum atomic E-state index is 13.8. The molecule has 0 aliphatic carbocycles. The van der Waals surface area contributed by atoms with Gasteiger partial charge in [0.1, 0.15) is 6.67 Å². The number of fused-ring (bicyclic) bond motifs is 1. The number of nitrogens with one attached hydrogen (secondary N) is 1. The number of carbonyl (C=O) groups is 3. The summed E-state index contributed by atoms with van der Waals surface area (Å²) in [5.74, 6) is -1.77. The van der Waals surface area contributed by atoms with E-state index in [0.717, 1.165) is 17.0 Å². The first-order chi connectivity index (χ1) is 17.2. The average Bonchev–Trinajstić information content (AvgIpc) is 3.11. The minimum atomic E-state index is -4.74. The fourth-order valence-corrected chi connectivity index (χ4v) is 4.07. The number of amides is 3. The van der Waals surface area contributed by atoms with E-state index in [0.29, 0.717) is 12.0 Å². The highest BCUT2D eigenvalue weighted by molar-refractivity contribution is 6.22. The van der Waals surface area contributed by atoms with Crippen LogP contribution < -0.4 is 5.32 Å². The van der Waals surface area contributed by atoms with Gasteiger partial charge in [0.15, 0.2) is 0 Å². The van der Waals surface area contributed by atoms with Crippen LogP contribution in [0.5, 0.6) is 0 Å². The Morgan fingerprint density at radius 1 is 1.03 bits per heavy atom. The zero-order chi connectivity index (χ0) is 26.0. The molecular formula is C26H21F4N3O3. The molecule has 0 saturated heterocycles. The van der Waals surface area contributed by atoms with Gasteiger partial charge < -0.3 is 5.32 Å². The highest BCUT2D eigenvalue weighted by atomic mass is 19.4. The van der Waals surface area contributed by atoms with Crippen LogP contribution in [0, 0.1) is 0 Å². The minimum Gasteiger partial charge on any atom is -0.340 e. The Balaban J connectivity index is 1.72. The number of pyridine rings is 1. The van der Waals surface area contributed by atoms with Crippen molar-refractivity contribution in [2.75, 3.05) is 6.54 Å². The summed E-state index contributed by atoms with van der Waals surface area (Å²) in [6.45, 7) is 1.28. The van der Waals surface area contributed by atoms with E-state index in [4.69, 9.17) is 0 Å². The molecule has 0 radical (unpaired) electrons. The van der Waals surface area contributed by atoms with E-state index in [1.807, 2.05) is 6.92 Å². The van der Waals surface area contributed by atoms with E-state index in [1.165, 1.54) is 48.7 Å². The van der Waals surface area contributed by atoms with E-state index < -0.39 is 47.9 Å². The third-order valence-electron chi connectivity index (χ3n) is 5.84. The average molecular weight is 499 g/mol. The number of hydrogen-bond acceptors (Lipinski definition) is 4. The number of aromatic nitrogens is 1. The molecule has 3 aromatic rings. The van der Waals surface area contributed by atoms with Gasteiger partial charge in [-0.05, 0) is 47.9 Å². The van der Waals surface area contributed by atoms with Gasteiger partial charge in [0.05, 0.1) is 28.4 Å². The van der Waals surface area contributed by atoms with Crippen molar-refractivity contribution in [3.05, 3.63) is 99.9 Å². The first kappa shape index (κ1) is 25.0. The number of halogens is 4. The van der Waals surface area contributed by atoms with E-state index in [2.05, 4.69) is 10.3 Å². The largest absolute Gasteiger partial charge is 0.418 e. The van der Waals surface area contributed by atoms with Gasteiger partial charge in [-0.2, -0.15) is 13.2 Å². The van der Waals surface area contributed by atoms with Gasteiger partial charge in [0.2, 0.25) is 0 Å². The molecule has 186 valence electrons. The van der Waals surface area contributed by atoms with Crippen LogP contribution in [-0.2, 0) is 12.9 Å². The van der Waals surface area contributed by atoms with Crippen molar-refractivity contribution in [1.29, 1.82) is 0 Å². The second kappa shape index (κ2) is 9.88. The molecule has 2 heterocycles. The molecule has 0 saturated carbocycles. The Morgan fingerprint density at radius 3 is 2.36 bits per heavy atom. The van der Waals surface area contributed by atoms with E-state index >= 15 is 0 Å². The van der Waals surface area contributed by atoms with Crippen LogP contribution in [-0.4, -0.2) is 34.2 Å². The quantitative estimate of drug-likeness (QED) is 0.363. The highest BCUT2D eigenvalue weighted by Gasteiger charge is 2.38. The van der Waals surface area contributed by atoms with Crippen LogP contribution >= 0.6 is 0 Å². The molecule has 0 fully saturated rings. The molecule has 10 heteroatoms. The van der Waals surface area contributed by atoms with Gasteiger partial charge in [-0.3, -0.25) is 24.3 Å². The first-order valence-corrected chi connectivity index (χ1v) is 11.1. The van der Waals surface area contributed by atoms with Crippen LogP contribution in [0.2, 0.25) is 0 Å². The molecule has 0 spiro atoms. The van der Waals surface area contributed by atoms with Crippen LogP contribution in [0.1, 0.15) is 72.8 Å². The predicted molar refractivity (Wildman–Crippen MR) is 122 cm³/mol. The Bertz CT molecular complexity index is 1320. The molecule has 0 bridgehead atoms. The third-order valence-corrected chi connectivity index (χ3v) is 5.84. The molecule has 1 N–H and O–H groups in total. The lowest BCUT2D eigenvalue weighted by Gasteiger charge is -2.22. The van der Waals surface area contributed by atoms with Gasteiger partial charge in [0, 0.05) is 18.3 Å². The van der Waals surface area contributed by atoms with Gasteiger partial charge in [-0.1, -0.05) is 31.2 Å². The summed E-state index contributed by atoms with van der Waals surface area (Å²) in [6, 6.07) is 10.3. The summed E-state index contributed by atoms with van der Waals surface area (Å²) in [6.07, 6.45) is -3.00. The Hall–Kier alpha value is -4.08.